The maximum atomic E-state index is 14.8. The Balaban J connectivity index is 1.61. The number of methoxy groups -OCH3 is 1. The molecular formula is C33H33N3O5. The van der Waals surface area contributed by atoms with Crippen molar-refractivity contribution in [1.82, 2.24) is 9.80 Å². The average molecular weight is 552 g/mol. The summed E-state index contributed by atoms with van der Waals surface area (Å²) in [5, 5.41) is 0. The average Bonchev–Trinajstić information content (AvgIpc) is 3.47. The van der Waals surface area contributed by atoms with Gasteiger partial charge < -0.3 is 9.64 Å². The molecule has 3 aromatic rings. The summed E-state index contributed by atoms with van der Waals surface area (Å²) in [4.78, 5) is 61.9. The van der Waals surface area contributed by atoms with E-state index < -0.39 is 46.8 Å². The monoisotopic (exact) mass is 551 g/mol. The van der Waals surface area contributed by atoms with Crippen LogP contribution in [0.3, 0.4) is 0 Å². The van der Waals surface area contributed by atoms with Crippen LogP contribution in [0.15, 0.2) is 78.9 Å². The number of benzene rings is 3. The van der Waals surface area contributed by atoms with Crippen LogP contribution in [0.1, 0.15) is 43.5 Å². The number of nitrogens with zero attached hydrogens (tertiary/aromatic N) is 3. The quantitative estimate of drug-likeness (QED) is 0.332. The van der Waals surface area contributed by atoms with Gasteiger partial charge in [0.05, 0.1) is 30.7 Å². The van der Waals surface area contributed by atoms with Crippen molar-refractivity contribution in [2.75, 3.05) is 12.0 Å². The van der Waals surface area contributed by atoms with E-state index in [1.54, 1.807) is 31.4 Å². The maximum Gasteiger partial charge on any atom is 0.332 e. The summed E-state index contributed by atoms with van der Waals surface area (Å²) in [5.74, 6) is -2.61. The first kappa shape index (κ1) is 26.7. The minimum Gasteiger partial charge on any atom is -0.497 e. The van der Waals surface area contributed by atoms with E-state index in [0.29, 0.717) is 17.0 Å². The minimum absolute atomic E-state index is 0.103. The molecule has 0 N–H and O–H groups in total. The molecule has 3 saturated heterocycles. The molecule has 0 radical (unpaired) electrons. The number of fused-ring (bicyclic) bond motifs is 3. The summed E-state index contributed by atoms with van der Waals surface area (Å²) >= 11 is 0. The van der Waals surface area contributed by atoms with Crippen molar-refractivity contribution in [3.63, 3.8) is 0 Å². The van der Waals surface area contributed by atoms with Crippen LogP contribution in [0, 0.1) is 18.8 Å². The highest BCUT2D eigenvalue weighted by atomic mass is 16.5. The van der Waals surface area contributed by atoms with Gasteiger partial charge in [0.25, 0.3) is 5.91 Å². The van der Waals surface area contributed by atoms with Gasteiger partial charge in [0.15, 0.2) is 0 Å². The van der Waals surface area contributed by atoms with Crippen LogP contribution in [0.2, 0.25) is 0 Å². The van der Waals surface area contributed by atoms with Crippen LogP contribution in [-0.4, -0.2) is 51.7 Å². The molecule has 3 aliphatic heterocycles. The number of hydrogen-bond donors (Lipinski definition) is 0. The van der Waals surface area contributed by atoms with Gasteiger partial charge in [-0.3, -0.25) is 19.3 Å². The highest BCUT2D eigenvalue weighted by Crippen LogP contribution is 2.60. The number of imide groups is 2. The summed E-state index contributed by atoms with van der Waals surface area (Å²) in [6.45, 7) is 7.37. The third-order valence-corrected chi connectivity index (χ3v) is 8.62. The van der Waals surface area contributed by atoms with E-state index in [0.717, 1.165) is 11.1 Å². The Morgan fingerprint density at radius 3 is 2.05 bits per heavy atom. The fraction of sp³-hybridized carbons (Fsp3) is 0.333. The Morgan fingerprint density at radius 2 is 1.46 bits per heavy atom. The number of urea groups is 1. The molecule has 8 heteroatoms. The fourth-order valence-corrected chi connectivity index (χ4v) is 6.90. The van der Waals surface area contributed by atoms with Gasteiger partial charge in [-0.25, -0.2) is 9.69 Å². The van der Waals surface area contributed by atoms with Crippen LogP contribution in [0.25, 0.3) is 0 Å². The molecule has 3 fully saturated rings. The fourth-order valence-electron chi connectivity index (χ4n) is 6.90. The molecule has 210 valence electrons. The zero-order valence-corrected chi connectivity index (χ0v) is 23.8. The van der Waals surface area contributed by atoms with Gasteiger partial charge in [0.1, 0.15) is 11.3 Å². The molecule has 0 saturated carbocycles. The van der Waals surface area contributed by atoms with Crippen molar-refractivity contribution in [3.8, 4) is 5.75 Å². The van der Waals surface area contributed by atoms with Crippen molar-refractivity contribution in [1.29, 1.82) is 0 Å². The summed E-state index contributed by atoms with van der Waals surface area (Å²) < 4.78 is 5.35. The molecule has 6 rings (SSSR count). The number of anilines is 1. The molecule has 3 unspecified atom stereocenters. The van der Waals surface area contributed by atoms with E-state index in [2.05, 4.69) is 0 Å². The van der Waals surface area contributed by atoms with Crippen LogP contribution in [0.5, 0.6) is 5.75 Å². The van der Waals surface area contributed by atoms with Gasteiger partial charge in [0, 0.05) is 12.0 Å². The van der Waals surface area contributed by atoms with E-state index in [4.69, 9.17) is 4.74 Å². The Kier molecular flexibility index (Phi) is 6.06. The zero-order valence-electron chi connectivity index (χ0n) is 23.8. The number of carbonyl (C=O) groups is 4. The SMILES string of the molecule is COc1ccc(C2C3C(=O)N(C(C)(C)C)C(=O)C3[C@]3(Cc4ccccc4)C(=O)N(c4ccc(C)cc4)C(=O)N23)cc1. The van der Waals surface area contributed by atoms with Crippen molar-refractivity contribution in [2.45, 2.75) is 51.2 Å². The Morgan fingerprint density at radius 1 is 0.829 bits per heavy atom. The van der Waals surface area contributed by atoms with E-state index in [9.17, 15) is 19.2 Å². The smallest absolute Gasteiger partial charge is 0.332 e. The minimum atomic E-state index is -1.59. The lowest BCUT2D eigenvalue weighted by Crippen LogP contribution is -2.57. The zero-order chi connectivity index (χ0) is 29.3. The lowest BCUT2D eigenvalue weighted by Gasteiger charge is -2.38. The summed E-state index contributed by atoms with van der Waals surface area (Å²) in [6.07, 6.45) is 0.103. The van der Waals surface area contributed by atoms with Crippen LogP contribution in [-0.2, 0) is 20.8 Å². The second-order valence-corrected chi connectivity index (χ2v) is 12.1. The summed E-state index contributed by atoms with van der Waals surface area (Å²) in [7, 11) is 1.56. The van der Waals surface area contributed by atoms with Crippen molar-refractivity contribution < 1.29 is 23.9 Å². The number of likely N-dealkylation sites (tertiary alicyclic amines) is 1. The molecule has 8 nitrogen and oxygen atoms in total. The number of rotatable bonds is 5. The molecule has 0 bridgehead atoms. The number of aryl methyl sites for hydroxylation is 1. The highest BCUT2D eigenvalue weighted by molar-refractivity contribution is 6.27. The molecule has 0 aliphatic carbocycles. The van der Waals surface area contributed by atoms with Gasteiger partial charge in [-0.05, 0) is 63.1 Å². The van der Waals surface area contributed by atoms with Crippen molar-refractivity contribution in [3.05, 3.63) is 95.6 Å². The molecule has 41 heavy (non-hydrogen) atoms. The first-order valence-corrected chi connectivity index (χ1v) is 13.8. The Hall–Kier alpha value is -4.46. The van der Waals surface area contributed by atoms with Gasteiger partial charge in [0.2, 0.25) is 11.8 Å². The first-order valence-electron chi connectivity index (χ1n) is 13.8. The topological polar surface area (TPSA) is 87.2 Å². The molecule has 3 heterocycles. The lowest BCUT2D eigenvalue weighted by atomic mass is 9.75. The van der Waals surface area contributed by atoms with Gasteiger partial charge >= 0.3 is 6.03 Å². The molecule has 5 amide bonds. The third kappa shape index (κ3) is 3.80. The normalized spacial score (nSPS) is 25.7. The first-order chi connectivity index (χ1) is 19.5. The third-order valence-electron chi connectivity index (χ3n) is 8.62. The van der Waals surface area contributed by atoms with E-state index in [1.165, 1.54) is 14.7 Å². The standard InChI is InChI=1S/C33H33N3O5/c1-20-11-15-23(16-12-20)34-30(39)33(19-21-9-7-6-8-10-21)26-25(28(37)36(29(26)38)32(2,3)4)27(35(33)31(34)40)22-13-17-24(41-5)18-14-22/h6-18,25-27H,19H2,1-5H3/t25?,26?,27?,33-/m1/s1. The largest absolute Gasteiger partial charge is 0.497 e. The highest BCUT2D eigenvalue weighted by Gasteiger charge is 2.77. The molecule has 0 spiro atoms. The van der Waals surface area contributed by atoms with Gasteiger partial charge in [-0.1, -0.05) is 60.2 Å². The van der Waals surface area contributed by atoms with Crippen LogP contribution in [0.4, 0.5) is 10.5 Å². The lowest BCUT2D eigenvalue weighted by molar-refractivity contribution is -0.149. The molecule has 0 aromatic heterocycles. The number of carbonyl (C=O) groups excluding carboxylic acids is 4. The van der Waals surface area contributed by atoms with E-state index >= 15 is 0 Å². The Bertz CT molecular complexity index is 1540. The van der Waals surface area contributed by atoms with Crippen LogP contribution >= 0.6 is 0 Å². The molecular weight excluding hydrogens is 518 g/mol. The van der Waals surface area contributed by atoms with Gasteiger partial charge in [-0.2, -0.15) is 0 Å². The Labute approximate surface area is 239 Å². The summed E-state index contributed by atoms with van der Waals surface area (Å²) in [5.41, 5.74) is 0.491. The number of ether oxygens (including phenoxy) is 1. The van der Waals surface area contributed by atoms with Crippen molar-refractivity contribution in [2.24, 2.45) is 11.8 Å². The van der Waals surface area contributed by atoms with E-state index in [1.807, 2.05) is 82.3 Å². The molecule has 3 aliphatic rings. The molecule has 3 aromatic carbocycles. The van der Waals surface area contributed by atoms with E-state index in [-0.39, 0.29) is 12.3 Å². The summed E-state index contributed by atoms with van der Waals surface area (Å²) in [6, 6.07) is 22.4. The predicted octanol–water partition coefficient (Wildman–Crippen LogP) is 4.91. The maximum absolute atomic E-state index is 14.8. The van der Waals surface area contributed by atoms with Crippen molar-refractivity contribution >= 4 is 29.4 Å². The number of amides is 5. The van der Waals surface area contributed by atoms with Crippen LogP contribution < -0.4 is 9.64 Å². The second-order valence-electron chi connectivity index (χ2n) is 12.1. The molecule has 4 atom stereocenters. The predicted molar refractivity (Wildman–Crippen MR) is 153 cm³/mol. The van der Waals surface area contributed by atoms with Gasteiger partial charge in [-0.15, -0.1) is 0 Å². The second kappa shape index (κ2) is 9.29. The number of hydrogen-bond acceptors (Lipinski definition) is 5.